The molecule has 0 saturated heterocycles. The molecule has 0 aliphatic heterocycles. The molecule has 1 aliphatic rings. The summed E-state index contributed by atoms with van der Waals surface area (Å²) in [4.78, 5) is 13.8. The summed E-state index contributed by atoms with van der Waals surface area (Å²) in [6, 6.07) is 0.521. The third-order valence-electron chi connectivity index (χ3n) is 3.94. The van der Waals surface area contributed by atoms with E-state index in [1.54, 1.807) is 0 Å². The van der Waals surface area contributed by atoms with Gasteiger partial charge in [0.15, 0.2) is 0 Å². The van der Waals surface area contributed by atoms with E-state index < -0.39 is 11.5 Å². The lowest BCUT2D eigenvalue weighted by Crippen LogP contribution is -2.53. The van der Waals surface area contributed by atoms with Crippen LogP contribution in [-0.4, -0.2) is 34.1 Å². The van der Waals surface area contributed by atoms with Gasteiger partial charge in [0.25, 0.3) is 0 Å². The Kier molecular flexibility index (Phi) is 5.44. The first-order valence-corrected chi connectivity index (χ1v) is 7.06. The Balaban J connectivity index is 2.56. The lowest BCUT2D eigenvalue weighted by molar-refractivity contribution is -0.151. The first-order valence-electron chi connectivity index (χ1n) is 7.06. The van der Waals surface area contributed by atoms with Gasteiger partial charge in [0.2, 0.25) is 0 Å². The molecule has 1 atom stereocenters. The molecule has 1 unspecified atom stereocenters. The maximum atomic E-state index is 11.6. The average Bonchev–Trinajstić information content (AvgIpc) is 3.09. The van der Waals surface area contributed by atoms with Gasteiger partial charge >= 0.3 is 5.97 Å². The molecule has 0 amide bonds. The van der Waals surface area contributed by atoms with Crippen LogP contribution in [0.2, 0.25) is 0 Å². The predicted molar refractivity (Wildman–Crippen MR) is 70.2 cm³/mol. The van der Waals surface area contributed by atoms with Crippen molar-refractivity contribution < 1.29 is 9.90 Å². The normalized spacial score (nSPS) is 19.3. The van der Waals surface area contributed by atoms with E-state index in [4.69, 9.17) is 0 Å². The summed E-state index contributed by atoms with van der Waals surface area (Å²) in [5, 5.41) is 9.53. The van der Waals surface area contributed by atoms with Gasteiger partial charge in [-0.25, -0.2) is 0 Å². The van der Waals surface area contributed by atoms with Crippen molar-refractivity contribution in [1.82, 2.24) is 4.90 Å². The third kappa shape index (κ3) is 3.70. The van der Waals surface area contributed by atoms with E-state index in [9.17, 15) is 9.90 Å². The molecule has 0 aromatic heterocycles. The van der Waals surface area contributed by atoms with Crippen molar-refractivity contribution in [3.8, 4) is 0 Å². The maximum absolute atomic E-state index is 11.6. The zero-order valence-corrected chi connectivity index (χ0v) is 11.5. The van der Waals surface area contributed by atoms with Gasteiger partial charge in [0.1, 0.15) is 5.54 Å². The fourth-order valence-corrected chi connectivity index (χ4v) is 2.67. The standard InChI is InChI=1S/C14H27NO2/c1-4-6-7-8-11-14(3,13(16)17)15(5-2)12-9-10-12/h12H,4-11H2,1-3H3,(H,16,17). The maximum Gasteiger partial charge on any atom is 0.323 e. The van der Waals surface area contributed by atoms with Crippen LogP contribution in [0.5, 0.6) is 0 Å². The summed E-state index contributed by atoms with van der Waals surface area (Å²) in [5.74, 6) is -0.650. The second-order valence-corrected chi connectivity index (χ2v) is 5.41. The quantitative estimate of drug-likeness (QED) is 0.630. The number of carboxylic acid groups (broad SMARTS) is 1. The van der Waals surface area contributed by atoms with Crippen molar-refractivity contribution in [3.63, 3.8) is 0 Å². The minimum Gasteiger partial charge on any atom is -0.480 e. The van der Waals surface area contributed by atoms with Crippen molar-refractivity contribution in [3.05, 3.63) is 0 Å². The van der Waals surface area contributed by atoms with E-state index in [0.717, 1.165) is 25.8 Å². The van der Waals surface area contributed by atoms with Crippen molar-refractivity contribution in [2.75, 3.05) is 6.54 Å². The van der Waals surface area contributed by atoms with Crippen molar-refractivity contribution in [2.45, 2.75) is 77.3 Å². The highest BCUT2D eigenvalue weighted by atomic mass is 16.4. The second-order valence-electron chi connectivity index (χ2n) is 5.41. The van der Waals surface area contributed by atoms with Crippen LogP contribution in [0, 0.1) is 0 Å². The summed E-state index contributed by atoms with van der Waals surface area (Å²) < 4.78 is 0. The topological polar surface area (TPSA) is 40.5 Å². The van der Waals surface area contributed by atoms with Gasteiger partial charge in [-0.2, -0.15) is 0 Å². The number of aliphatic carboxylic acids is 1. The molecule has 0 radical (unpaired) electrons. The lowest BCUT2D eigenvalue weighted by Gasteiger charge is -2.37. The zero-order valence-electron chi connectivity index (χ0n) is 11.5. The first kappa shape index (κ1) is 14.5. The highest BCUT2D eigenvalue weighted by Gasteiger charge is 2.44. The minimum atomic E-state index is -0.650. The number of rotatable bonds is 9. The summed E-state index contributed by atoms with van der Waals surface area (Å²) in [5.41, 5.74) is -0.649. The number of hydrogen-bond donors (Lipinski definition) is 1. The van der Waals surface area contributed by atoms with Crippen LogP contribution in [-0.2, 0) is 4.79 Å². The van der Waals surface area contributed by atoms with E-state index in [-0.39, 0.29) is 0 Å². The summed E-state index contributed by atoms with van der Waals surface area (Å²) in [6.07, 6.45) is 7.72. The fourth-order valence-electron chi connectivity index (χ4n) is 2.67. The molecule has 17 heavy (non-hydrogen) atoms. The first-order chi connectivity index (χ1) is 8.06. The molecule has 3 nitrogen and oxygen atoms in total. The Labute approximate surface area is 105 Å². The Morgan fingerprint density at radius 1 is 1.29 bits per heavy atom. The second kappa shape index (κ2) is 6.39. The van der Waals surface area contributed by atoms with Crippen molar-refractivity contribution >= 4 is 5.97 Å². The van der Waals surface area contributed by atoms with Crippen molar-refractivity contribution in [2.24, 2.45) is 0 Å². The highest BCUT2D eigenvalue weighted by Crippen LogP contribution is 2.35. The smallest absolute Gasteiger partial charge is 0.323 e. The van der Waals surface area contributed by atoms with Crippen LogP contribution in [0.15, 0.2) is 0 Å². The molecular formula is C14H27NO2. The van der Waals surface area contributed by atoms with Crippen LogP contribution < -0.4 is 0 Å². The van der Waals surface area contributed by atoms with Crippen LogP contribution in [0.1, 0.15) is 65.7 Å². The Morgan fingerprint density at radius 3 is 2.35 bits per heavy atom. The predicted octanol–water partition coefficient (Wildman–Crippen LogP) is 3.28. The number of likely N-dealkylation sites (N-methyl/N-ethyl adjacent to an activating group) is 1. The van der Waals surface area contributed by atoms with Gasteiger partial charge in [-0.15, -0.1) is 0 Å². The van der Waals surface area contributed by atoms with Crippen LogP contribution in [0.4, 0.5) is 0 Å². The number of hydrogen-bond acceptors (Lipinski definition) is 2. The van der Waals surface area contributed by atoms with Crippen LogP contribution in [0.25, 0.3) is 0 Å². The minimum absolute atomic E-state index is 0.521. The molecule has 0 aromatic rings. The van der Waals surface area contributed by atoms with E-state index in [1.807, 2.05) is 6.92 Å². The SMILES string of the molecule is CCCCCCC(C)(C(=O)O)N(CC)C1CC1. The number of unbranched alkanes of at least 4 members (excludes halogenated alkanes) is 3. The average molecular weight is 241 g/mol. The Morgan fingerprint density at radius 2 is 1.94 bits per heavy atom. The number of nitrogens with zero attached hydrogens (tertiary/aromatic N) is 1. The fraction of sp³-hybridized carbons (Fsp3) is 0.929. The molecule has 100 valence electrons. The molecule has 1 rings (SSSR count). The van der Waals surface area contributed by atoms with Gasteiger partial charge in [-0.3, -0.25) is 9.69 Å². The highest BCUT2D eigenvalue weighted by molar-refractivity contribution is 5.78. The lowest BCUT2D eigenvalue weighted by atomic mass is 9.91. The van der Waals surface area contributed by atoms with Gasteiger partial charge in [-0.05, 0) is 32.7 Å². The van der Waals surface area contributed by atoms with Gasteiger partial charge in [0.05, 0.1) is 0 Å². The monoisotopic (exact) mass is 241 g/mol. The van der Waals surface area contributed by atoms with Crippen LogP contribution >= 0.6 is 0 Å². The number of carbonyl (C=O) groups is 1. The molecule has 0 bridgehead atoms. The van der Waals surface area contributed by atoms with Crippen LogP contribution in [0.3, 0.4) is 0 Å². The molecule has 1 N–H and O–H groups in total. The van der Waals surface area contributed by atoms with Crippen molar-refractivity contribution in [1.29, 1.82) is 0 Å². The van der Waals surface area contributed by atoms with E-state index >= 15 is 0 Å². The van der Waals surface area contributed by atoms with Gasteiger partial charge < -0.3 is 5.11 Å². The Hall–Kier alpha value is -0.570. The summed E-state index contributed by atoms with van der Waals surface area (Å²) in [6.45, 7) is 7.01. The Bertz CT molecular complexity index is 251. The van der Waals surface area contributed by atoms with Gasteiger partial charge in [-0.1, -0.05) is 39.5 Å². The van der Waals surface area contributed by atoms with Gasteiger partial charge in [0, 0.05) is 6.04 Å². The molecule has 1 fully saturated rings. The van der Waals surface area contributed by atoms with E-state index in [1.165, 1.54) is 25.7 Å². The summed E-state index contributed by atoms with van der Waals surface area (Å²) in [7, 11) is 0. The number of carboxylic acids is 1. The summed E-state index contributed by atoms with van der Waals surface area (Å²) >= 11 is 0. The molecular weight excluding hydrogens is 214 g/mol. The molecule has 0 heterocycles. The largest absolute Gasteiger partial charge is 0.480 e. The molecule has 0 spiro atoms. The molecule has 0 aromatic carbocycles. The molecule has 3 heteroatoms. The van der Waals surface area contributed by atoms with E-state index in [0.29, 0.717) is 6.04 Å². The third-order valence-corrected chi connectivity index (χ3v) is 3.94. The molecule has 1 saturated carbocycles. The van der Waals surface area contributed by atoms with E-state index in [2.05, 4.69) is 18.7 Å². The zero-order chi connectivity index (χ0) is 12.9. The molecule has 1 aliphatic carbocycles.